The highest BCUT2D eigenvalue weighted by Crippen LogP contribution is 2.14. The second-order valence-electron chi connectivity index (χ2n) is 3.77. The summed E-state index contributed by atoms with van der Waals surface area (Å²) in [5, 5.41) is 2.71. The average Bonchev–Trinajstić information content (AvgIpc) is 2.38. The van der Waals surface area contributed by atoms with Gasteiger partial charge in [-0.25, -0.2) is 8.78 Å². The molecule has 0 aliphatic carbocycles. The van der Waals surface area contributed by atoms with Gasteiger partial charge in [0, 0.05) is 30.6 Å². The number of carbonyl (C=O) groups is 1. The van der Waals surface area contributed by atoms with E-state index >= 15 is 0 Å². The molecule has 3 nitrogen and oxygen atoms in total. The molecule has 1 heterocycles. The highest BCUT2D eigenvalue weighted by Gasteiger charge is 2.11. The van der Waals surface area contributed by atoms with Crippen molar-refractivity contribution >= 4 is 17.5 Å². The second-order valence-corrected chi connectivity index (χ2v) is 4.18. The van der Waals surface area contributed by atoms with Gasteiger partial charge in [-0.05, 0) is 12.1 Å². The zero-order valence-corrected chi connectivity index (χ0v) is 10.4. The van der Waals surface area contributed by atoms with E-state index in [-0.39, 0.29) is 22.7 Å². The minimum Gasteiger partial charge on any atom is -0.348 e. The summed E-state index contributed by atoms with van der Waals surface area (Å²) in [6.07, 6.45) is 2.77. The maximum absolute atomic E-state index is 13.4. The lowest BCUT2D eigenvalue weighted by atomic mass is 10.2. The zero-order valence-electron chi connectivity index (χ0n) is 9.66. The molecule has 0 radical (unpaired) electrons. The van der Waals surface area contributed by atoms with Gasteiger partial charge in [0.05, 0.1) is 10.6 Å². The third-order valence-corrected chi connectivity index (χ3v) is 2.77. The van der Waals surface area contributed by atoms with Gasteiger partial charge in [0.1, 0.15) is 11.6 Å². The number of rotatable bonds is 3. The van der Waals surface area contributed by atoms with Crippen LogP contribution >= 0.6 is 11.6 Å². The summed E-state index contributed by atoms with van der Waals surface area (Å²) in [5.74, 6) is -1.82. The van der Waals surface area contributed by atoms with Crippen LogP contribution in [-0.2, 0) is 6.54 Å². The summed E-state index contributed by atoms with van der Waals surface area (Å²) in [5.41, 5.74) is 0.444. The van der Waals surface area contributed by atoms with E-state index in [1.807, 2.05) is 0 Å². The van der Waals surface area contributed by atoms with E-state index in [4.69, 9.17) is 11.6 Å². The molecule has 0 bridgehead atoms. The van der Waals surface area contributed by atoms with Gasteiger partial charge in [0.25, 0.3) is 5.91 Å². The SMILES string of the molecule is O=C(NCc1ccc(F)cc1F)c1ccncc1Cl. The summed E-state index contributed by atoms with van der Waals surface area (Å²) in [6.45, 7) is -0.0520. The number of aromatic nitrogens is 1. The minimum absolute atomic E-state index is 0.0520. The molecule has 0 saturated carbocycles. The average molecular weight is 283 g/mol. The fraction of sp³-hybridized carbons (Fsp3) is 0.0769. The molecule has 1 amide bonds. The number of hydrogen-bond donors (Lipinski definition) is 1. The van der Waals surface area contributed by atoms with Gasteiger partial charge >= 0.3 is 0 Å². The summed E-state index contributed by atoms with van der Waals surface area (Å²) >= 11 is 5.81. The number of nitrogens with one attached hydrogen (secondary N) is 1. The Labute approximate surface area is 113 Å². The Balaban J connectivity index is 2.07. The zero-order chi connectivity index (χ0) is 13.8. The monoisotopic (exact) mass is 282 g/mol. The van der Waals surface area contributed by atoms with Crippen LogP contribution in [0, 0.1) is 11.6 Å². The van der Waals surface area contributed by atoms with Crippen LogP contribution in [0.2, 0.25) is 5.02 Å². The van der Waals surface area contributed by atoms with Crippen LogP contribution < -0.4 is 5.32 Å². The van der Waals surface area contributed by atoms with Crippen molar-refractivity contribution in [3.8, 4) is 0 Å². The molecule has 6 heteroatoms. The van der Waals surface area contributed by atoms with E-state index in [2.05, 4.69) is 10.3 Å². The molecule has 1 aromatic carbocycles. The van der Waals surface area contributed by atoms with Crippen molar-refractivity contribution in [1.29, 1.82) is 0 Å². The summed E-state index contributed by atoms with van der Waals surface area (Å²) in [7, 11) is 0. The lowest BCUT2D eigenvalue weighted by molar-refractivity contribution is 0.0950. The molecule has 0 atom stereocenters. The Bertz CT molecular complexity index is 619. The third kappa shape index (κ3) is 3.26. The Hall–Kier alpha value is -2.01. The van der Waals surface area contributed by atoms with Crippen molar-refractivity contribution in [3.05, 3.63) is 64.4 Å². The van der Waals surface area contributed by atoms with Crippen LogP contribution in [0.5, 0.6) is 0 Å². The molecule has 0 fully saturated rings. The van der Waals surface area contributed by atoms with Crippen LogP contribution in [0.4, 0.5) is 8.78 Å². The number of hydrogen-bond acceptors (Lipinski definition) is 2. The van der Waals surface area contributed by atoms with Crippen molar-refractivity contribution in [2.24, 2.45) is 0 Å². The predicted molar refractivity (Wildman–Crippen MR) is 66.8 cm³/mol. The number of pyridine rings is 1. The van der Waals surface area contributed by atoms with Crippen molar-refractivity contribution in [2.75, 3.05) is 0 Å². The van der Waals surface area contributed by atoms with Crippen molar-refractivity contribution < 1.29 is 13.6 Å². The van der Waals surface area contributed by atoms with Gasteiger partial charge in [-0.2, -0.15) is 0 Å². The highest BCUT2D eigenvalue weighted by atomic mass is 35.5. The van der Waals surface area contributed by atoms with Gasteiger partial charge in [-0.3, -0.25) is 9.78 Å². The molecule has 98 valence electrons. The number of halogens is 3. The van der Waals surface area contributed by atoms with E-state index in [0.717, 1.165) is 12.1 Å². The van der Waals surface area contributed by atoms with Gasteiger partial charge in [-0.1, -0.05) is 17.7 Å². The molecule has 1 N–H and O–H groups in total. The molecular formula is C13H9ClF2N2O. The van der Waals surface area contributed by atoms with Crippen molar-refractivity contribution in [3.63, 3.8) is 0 Å². The first-order chi connectivity index (χ1) is 9.08. The van der Waals surface area contributed by atoms with Crippen LogP contribution in [0.15, 0.2) is 36.7 Å². The van der Waals surface area contributed by atoms with E-state index in [1.54, 1.807) is 0 Å². The molecule has 0 saturated heterocycles. The summed E-state index contributed by atoms with van der Waals surface area (Å²) in [6, 6.07) is 4.63. The predicted octanol–water partition coefficient (Wildman–Crippen LogP) is 2.94. The maximum atomic E-state index is 13.4. The molecule has 19 heavy (non-hydrogen) atoms. The molecule has 2 rings (SSSR count). The summed E-state index contributed by atoms with van der Waals surface area (Å²) < 4.78 is 26.1. The van der Waals surface area contributed by atoms with Crippen LogP contribution in [0.25, 0.3) is 0 Å². The Morgan fingerprint density at radius 1 is 1.32 bits per heavy atom. The van der Waals surface area contributed by atoms with Gasteiger partial charge in [0.2, 0.25) is 0 Å². The van der Waals surface area contributed by atoms with E-state index in [9.17, 15) is 13.6 Å². The first kappa shape index (κ1) is 13.4. The van der Waals surface area contributed by atoms with Crippen molar-refractivity contribution in [2.45, 2.75) is 6.54 Å². The van der Waals surface area contributed by atoms with Crippen molar-refractivity contribution in [1.82, 2.24) is 10.3 Å². The molecule has 0 aliphatic rings. The first-order valence-corrected chi connectivity index (χ1v) is 5.77. The fourth-order valence-electron chi connectivity index (χ4n) is 1.50. The fourth-order valence-corrected chi connectivity index (χ4v) is 1.70. The molecular weight excluding hydrogens is 274 g/mol. The molecule has 0 spiro atoms. The largest absolute Gasteiger partial charge is 0.348 e. The molecule has 2 aromatic rings. The van der Waals surface area contributed by atoms with E-state index in [1.165, 1.54) is 24.5 Å². The molecule has 0 unspecified atom stereocenters. The van der Waals surface area contributed by atoms with Gasteiger partial charge in [-0.15, -0.1) is 0 Å². The first-order valence-electron chi connectivity index (χ1n) is 5.39. The van der Waals surface area contributed by atoms with Gasteiger partial charge < -0.3 is 5.32 Å². The second kappa shape index (κ2) is 5.75. The number of carbonyl (C=O) groups excluding carboxylic acids is 1. The quantitative estimate of drug-likeness (QED) is 0.940. The van der Waals surface area contributed by atoms with Crippen LogP contribution in [0.1, 0.15) is 15.9 Å². The maximum Gasteiger partial charge on any atom is 0.253 e. The minimum atomic E-state index is -0.707. The number of benzene rings is 1. The molecule has 1 aromatic heterocycles. The Kier molecular flexibility index (Phi) is 4.06. The Morgan fingerprint density at radius 2 is 2.11 bits per heavy atom. The van der Waals surface area contributed by atoms with Gasteiger partial charge in [0.15, 0.2) is 0 Å². The lowest BCUT2D eigenvalue weighted by Crippen LogP contribution is -2.23. The Morgan fingerprint density at radius 3 is 2.79 bits per heavy atom. The smallest absolute Gasteiger partial charge is 0.253 e. The van der Waals surface area contributed by atoms with E-state index in [0.29, 0.717) is 0 Å². The number of nitrogens with zero attached hydrogens (tertiary/aromatic N) is 1. The topological polar surface area (TPSA) is 42.0 Å². The third-order valence-electron chi connectivity index (χ3n) is 2.47. The lowest BCUT2D eigenvalue weighted by Gasteiger charge is -2.07. The molecule has 0 aliphatic heterocycles. The van der Waals surface area contributed by atoms with Crippen LogP contribution in [-0.4, -0.2) is 10.9 Å². The standard InChI is InChI=1S/C13H9ClF2N2O/c14-11-7-17-4-3-10(11)13(19)18-6-8-1-2-9(15)5-12(8)16/h1-5,7H,6H2,(H,18,19). The summed E-state index contributed by atoms with van der Waals surface area (Å²) in [4.78, 5) is 15.6. The van der Waals surface area contributed by atoms with Crippen LogP contribution in [0.3, 0.4) is 0 Å². The highest BCUT2D eigenvalue weighted by molar-refractivity contribution is 6.33. The number of amides is 1. The normalized spacial score (nSPS) is 10.3. The van der Waals surface area contributed by atoms with E-state index < -0.39 is 17.5 Å².